The number of rotatable bonds is 10. The van der Waals surface area contributed by atoms with Crippen LogP contribution in [0, 0.1) is 0 Å². The van der Waals surface area contributed by atoms with Crippen molar-refractivity contribution in [3.05, 3.63) is 355 Å². The van der Waals surface area contributed by atoms with E-state index in [9.17, 15) is 0 Å². The van der Waals surface area contributed by atoms with Crippen molar-refractivity contribution < 1.29 is 0 Å². The number of fused-ring (bicyclic) bond motifs is 6. The van der Waals surface area contributed by atoms with Crippen LogP contribution >= 0.6 is 0 Å². The minimum absolute atomic E-state index is 0.0288. The van der Waals surface area contributed by atoms with Crippen molar-refractivity contribution in [1.29, 1.82) is 0 Å². The molecule has 0 saturated carbocycles. The lowest BCUT2D eigenvalue weighted by molar-refractivity contribution is 0.760. The molecule has 0 fully saturated rings. The molecule has 0 saturated heterocycles. The maximum Gasteiger partial charge on any atom is 0.238 e. The molecule has 416 valence electrons. The molecule has 13 aromatic carbocycles. The van der Waals surface area contributed by atoms with Crippen LogP contribution in [0.5, 0.6) is 0 Å². The Morgan fingerprint density at radius 2 is 0.685 bits per heavy atom. The third kappa shape index (κ3) is 7.83. The van der Waals surface area contributed by atoms with E-state index in [4.69, 9.17) is 15.0 Å². The summed E-state index contributed by atoms with van der Waals surface area (Å²) in [7, 11) is -3.10. The Balaban J connectivity index is 0.837. The van der Waals surface area contributed by atoms with Crippen molar-refractivity contribution in [2.24, 2.45) is 0 Å². The van der Waals surface area contributed by atoms with Crippen LogP contribution in [0.3, 0.4) is 0 Å². The molecule has 0 aliphatic heterocycles. The van der Waals surface area contributed by atoms with Crippen LogP contribution in [0.25, 0.3) is 100 Å². The fourth-order valence-electron chi connectivity index (χ4n) is 15.4. The number of nitrogens with zero attached hydrogens (tertiary/aromatic N) is 5. The standard InChI is InChI=1S/C83H55N5Si/c1-4-24-54(25-5-1)55-48-50-62(51-49-55)89(60-30-6-2-7-31-60,61-32-8-3-9-33-61)76-47-23-42-71-77-68-38-10-11-39-69(68)80(79(71)76)78-63(40-22-41-70(77)78)56-26-20-27-57(52-56)81-84-82(86-83(85-81)88-74-45-18-14-36-66(74)67-37-15-19-46-75(67)88)58-28-21-29-59(53-58)87-72-43-16-12-34-64(72)65-35-13-17-44-73(65)87/h1-53,77,80H. The van der Waals surface area contributed by atoms with Gasteiger partial charge in [-0.05, 0) is 119 Å². The van der Waals surface area contributed by atoms with Gasteiger partial charge in [0.15, 0.2) is 19.7 Å². The topological polar surface area (TPSA) is 48.5 Å². The van der Waals surface area contributed by atoms with E-state index >= 15 is 0 Å². The largest absolute Gasteiger partial charge is 0.309 e. The zero-order valence-corrected chi connectivity index (χ0v) is 49.5. The predicted molar refractivity (Wildman–Crippen MR) is 369 cm³/mol. The molecule has 2 atom stereocenters. The van der Waals surface area contributed by atoms with Gasteiger partial charge < -0.3 is 4.57 Å². The van der Waals surface area contributed by atoms with Gasteiger partial charge in [0, 0.05) is 50.2 Å². The van der Waals surface area contributed by atoms with Crippen LogP contribution in [0.2, 0.25) is 0 Å². The van der Waals surface area contributed by atoms with E-state index in [1.807, 2.05) is 0 Å². The Kier molecular flexibility index (Phi) is 11.7. The summed E-state index contributed by atoms with van der Waals surface area (Å²) in [6, 6.07) is 119. The first-order valence-electron chi connectivity index (χ1n) is 30.7. The fourth-order valence-corrected chi connectivity index (χ4v) is 20.5. The SMILES string of the molecule is c1ccc(-c2ccc([Si](c3ccccc3)(c3ccccc3)c3cccc4c3C3c5ccccc5C4c4cccc(-c5cccc(-c6nc(-c7cccc(-n8c9ccccc9c9ccccc98)c7)nc(-n7c8ccccc8c8ccccc87)n6)c5)c43)cc2)cc1. The second-order valence-electron chi connectivity index (χ2n) is 23.7. The monoisotopic (exact) mass is 1150 g/mol. The number of hydrogen-bond acceptors (Lipinski definition) is 3. The van der Waals surface area contributed by atoms with Crippen LogP contribution in [0.1, 0.15) is 45.2 Å². The molecule has 3 heterocycles. The van der Waals surface area contributed by atoms with Crippen molar-refractivity contribution in [1.82, 2.24) is 24.1 Å². The van der Waals surface area contributed by atoms with Gasteiger partial charge in [0.1, 0.15) is 0 Å². The molecule has 16 aromatic rings. The molecule has 3 aliphatic carbocycles. The molecule has 0 N–H and O–H groups in total. The van der Waals surface area contributed by atoms with Gasteiger partial charge in [0.05, 0.1) is 22.1 Å². The van der Waals surface area contributed by atoms with Gasteiger partial charge in [-0.15, -0.1) is 0 Å². The van der Waals surface area contributed by atoms with Crippen LogP contribution in [-0.2, 0) is 0 Å². The van der Waals surface area contributed by atoms with E-state index < -0.39 is 8.07 Å². The Morgan fingerprint density at radius 1 is 0.270 bits per heavy atom. The van der Waals surface area contributed by atoms with Crippen molar-refractivity contribution in [2.45, 2.75) is 11.8 Å². The molecule has 5 nitrogen and oxygen atoms in total. The quantitative estimate of drug-likeness (QED) is 0.101. The highest BCUT2D eigenvalue weighted by molar-refractivity contribution is 7.20. The third-order valence-electron chi connectivity index (χ3n) is 19.1. The predicted octanol–water partition coefficient (Wildman–Crippen LogP) is 17.1. The number of aromatic nitrogens is 5. The Labute approximate surface area is 516 Å². The minimum atomic E-state index is -3.10. The molecule has 19 rings (SSSR count). The van der Waals surface area contributed by atoms with Gasteiger partial charge in [0.2, 0.25) is 5.95 Å². The molecular weight excluding hydrogens is 1100 g/mol. The maximum absolute atomic E-state index is 5.53. The summed E-state index contributed by atoms with van der Waals surface area (Å²) in [6.07, 6.45) is 0. The minimum Gasteiger partial charge on any atom is -0.309 e. The van der Waals surface area contributed by atoms with Crippen LogP contribution in [0.15, 0.2) is 322 Å². The van der Waals surface area contributed by atoms with Crippen LogP contribution in [-0.4, -0.2) is 32.2 Å². The first-order chi connectivity index (χ1) is 44.2. The Morgan fingerprint density at radius 3 is 1.28 bits per heavy atom. The molecule has 0 radical (unpaired) electrons. The second kappa shape index (κ2) is 20.4. The summed E-state index contributed by atoms with van der Waals surface area (Å²) < 4.78 is 4.57. The molecule has 2 bridgehead atoms. The van der Waals surface area contributed by atoms with Crippen molar-refractivity contribution in [2.75, 3.05) is 0 Å². The Bertz CT molecular complexity index is 5310. The Hall–Kier alpha value is -11.3. The molecule has 3 aromatic heterocycles. The first kappa shape index (κ1) is 51.0. The smallest absolute Gasteiger partial charge is 0.238 e. The van der Waals surface area contributed by atoms with Gasteiger partial charge in [0.25, 0.3) is 0 Å². The van der Waals surface area contributed by atoms with E-state index in [-0.39, 0.29) is 11.8 Å². The normalized spacial score (nSPS) is 14.1. The molecular formula is C83H55N5Si. The van der Waals surface area contributed by atoms with Gasteiger partial charge >= 0.3 is 0 Å². The number of benzene rings is 13. The maximum atomic E-state index is 5.53. The molecule has 3 aliphatic rings. The van der Waals surface area contributed by atoms with Gasteiger partial charge in [-0.3, -0.25) is 4.57 Å². The van der Waals surface area contributed by atoms with Gasteiger partial charge in [-0.25, -0.2) is 4.98 Å². The van der Waals surface area contributed by atoms with E-state index in [0.717, 1.165) is 55.2 Å². The van der Waals surface area contributed by atoms with Crippen molar-refractivity contribution in [3.63, 3.8) is 0 Å². The lowest BCUT2D eigenvalue weighted by atomic mass is 9.60. The fraction of sp³-hybridized carbons (Fsp3) is 0.0241. The average molecular weight is 1150 g/mol. The lowest BCUT2D eigenvalue weighted by Gasteiger charge is -2.47. The zero-order valence-electron chi connectivity index (χ0n) is 48.5. The first-order valence-corrected chi connectivity index (χ1v) is 32.7. The number of para-hydroxylation sites is 4. The van der Waals surface area contributed by atoms with Crippen LogP contribution < -0.4 is 20.7 Å². The van der Waals surface area contributed by atoms with E-state index in [0.29, 0.717) is 17.6 Å². The summed E-state index contributed by atoms with van der Waals surface area (Å²) in [6.45, 7) is 0. The summed E-state index contributed by atoms with van der Waals surface area (Å²) >= 11 is 0. The van der Waals surface area contributed by atoms with Crippen LogP contribution in [0.4, 0.5) is 0 Å². The average Bonchev–Trinajstić information content (AvgIpc) is 1.41. The highest BCUT2D eigenvalue weighted by Gasteiger charge is 2.50. The van der Waals surface area contributed by atoms with E-state index in [2.05, 4.69) is 331 Å². The van der Waals surface area contributed by atoms with Gasteiger partial charge in [-0.1, -0.05) is 279 Å². The summed E-state index contributed by atoms with van der Waals surface area (Å²) in [5.74, 6) is 1.72. The highest BCUT2D eigenvalue weighted by atomic mass is 28.3. The molecule has 0 amide bonds. The number of hydrogen-bond donors (Lipinski definition) is 0. The van der Waals surface area contributed by atoms with Crippen molar-refractivity contribution in [3.8, 4) is 56.7 Å². The third-order valence-corrected chi connectivity index (χ3v) is 24.0. The summed E-state index contributed by atoms with van der Waals surface area (Å²) in [4.78, 5) is 16.5. The van der Waals surface area contributed by atoms with E-state index in [1.165, 1.54) is 81.6 Å². The highest BCUT2D eigenvalue weighted by Crippen LogP contribution is 2.58. The molecule has 2 unspecified atom stereocenters. The second-order valence-corrected chi connectivity index (χ2v) is 27.5. The molecule has 6 heteroatoms. The van der Waals surface area contributed by atoms with Crippen molar-refractivity contribution >= 4 is 72.4 Å². The van der Waals surface area contributed by atoms with Gasteiger partial charge in [-0.2, -0.15) is 9.97 Å². The summed E-state index contributed by atoms with van der Waals surface area (Å²) in [5.41, 5.74) is 20.3. The lowest BCUT2D eigenvalue weighted by Crippen LogP contribution is -2.75. The summed E-state index contributed by atoms with van der Waals surface area (Å²) in [5, 5.41) is 10.2. The molecule has 89 heavy (non-hydrogen) atoms. The van der Waals surface area contributed by atoms with E-state index in [1.54, 1.807) is 0 Å². The molecule has 0 spiro atoms. The zero-order chi connectivity index (χ0) is 58.6.